The molecule has 0 amide bonds. The van der Waals surface area contributed by atoms with E-state index in [0.717, 1.165) is 23.7 Å². The highest BCUT2D eigenvalue weighted by atomic mass is 79.9. The molecule has 2 unspecified atom stereocenters. The number of halogens is 1. The Morgan fingerprint density at radius 3 is 2.82 bits per heavy atom. The summed E-state index contributed by atoms with van der Waals surface area (Å²) in [5.41, 5.74) is 0.554. The molecular formula is C13H15BrO3. The van der Waals surface area contributed by atoms with E-state index < -0.39 is 6.10 Å². The Morgan fingerprint density at radius 1 is 1.47 bits per heavy atom. The van der Waals surface area contributed by atoms with Crippen LogP contribution in [-0.4, -0.2) is 23.1 Å². The molecule has 1 aliphatic carbocycles. The maximum absolute atomic E-state index is 11.5. The summed E-state index contributed by atoms with van der Waals surface area (Å²) in [6.45, 7) is 1.51. The first-order valence-corrected chi connectivity index (χ1v) is 6.52. The van der Waals surface area contributed by atoms with Gasteiger partial charge in [0, 0.05) is 4.47 Å². The van der Waals surface area contributed by atoms with Crippen LogP contribution in [0.4, 0.5) is 0 Å². The minimum atomic E-state index is -0.418. The van der Waals surface area contributed by atoms with E-state index in [1.165, 1.54) is 6.92 Å². The predicted octanol–water partition coefficient (Wildman–Crippen LogP) is 2.94. The number of carbonyl (C=O) groups is 1. The van der Waals surface area contributed by atoms with Gasteiger partial charge in [-0.25, -0.2) is 0 Å². The molecule has 0 aromatic heterocycles. The third-order valence-electron chi connectivity index (χ3n) is 3.02. The Morgan fingerprint density at radius 2 is 2.24 bits per heavy atom. The van der Waals surface area contributed by atoms with Crippen LogP contribution in [0.25, 0.3) is 0 Å². The van der Waals surface area contributed by atoms with E-state index in [9.17, 15) is 9.90 Å². The van der Waals surface area contributed by atoms with E-state index in [1.54, 1.807) is 12.1 Å². The molecule has 1 fully saturated rings. The third-order valence-corrected chi connectivity index (χ3v) is 3.51. The molecule has 0 saturated heterocycles. The van der Waals surface area contributed by atoms with E-state index in [4.69, 9.17) is 4.74 Å². The third kappa shape index (κ3) is 2.87. The quantitative estimate of drug-likeness (QED) is 0.873. The van der Waals surface area contributed by atoms with Crippen molar-refractivity contribution >= 4 is 21.7 Å². The number of rotatable bonds is 3. The summed E-state index contributed by atoms with van der Waals surface area (Å²) >= 11 is 3.33. The largest absolute Gasteiger partial charge is 0.487 e. The molecule has 1 aromatic carbocycles. The molecule has 0 bridgehead atoms. The molecule has 2 rings (SSSR count). The predicted molar refractivity (Wildman–Crippen MR) is 68.4 cm³/mol. The summed E-state index contributed by atoms with van der Waals surface area (Å²) in [6, 6.07) is 5.36. The summed E-state index contributed by atoms with van der Waals surface area (Å²) in [4.78, 5) is 11.5. The standard InChI is InChI=1S/C13H15BrO3/c1-8(15)10-7-9(14)5-6-12(10)17-13-4-2-3-11(13)16/h5-7,11,13,16H,2-4H2,1H3. The highest BCUT2D eigenvalue weighted by Gasteiger charge is 2.27. The lowest BCUT2D eigenvalue weighted by atomic mass is 10.1. The number of aliphatic hydroxyl groups is 1. The van der Waals surface area contributed by atoms with E-state index in [1.807, 2.05) is 6.07 Å². The van der Waals surface area contributed by atoms with Gasteiger partial charge < -0.3 is 9.84 Å². The number of hydrogen-bond acceptors (Lipinski definition) is 3. The van der Waals surface area contributed by atoms with Crippen molar-refractivity contribution in [3.8, 4) is 5.75 Å². The van der Waals surface area contributed by atoms with Crippen LogP contribution >= 0.6 is 15.9 Å². The van der Waals surface area contributed by atoms with Crippen molar-refractivity contribution in [3.63, 3.8) is 0 Å². The average molecular weight is 299 g/mol. The molecule has 0 spiro atoms. The second kappa shape index (κ2) is 5.19. The molecule has 2 atom stereocenters. The highest BCUT2D eigenvalue weighted by Crippen LogP contribution is 2.29. The van der Waals surface area contributed by atoms with Gasteiger partial charge >= 0.3 is 0 Å². The Labute approximate surface area is 109 Å². The number of ketones is 1. The maximum atomic E-state index is 11.5. The fraction of sp³-hybridized carbons (Fsp3) is 0.462. The number of aliphatic hydroxyl groups excluding tert-OH is 1. The monoisotopic (exact) mass is 298 g/mol. The molecule has 17 heavy (non-hydrogen) atoms. The molecule has 92 valence electrons. The number of Topliss-reactive ketones (excluding diaryl/α,β-unsaturated/α-hetero) is 1. The molecule has 1 aliphatic rings. The van der Waals surface area contributed by atoms with Crippen LogP contribution in [0.15, 0.2) is 22.7 Å². The summed E-state index contributed by atoms with van der Waals surface area (Å²) < 4.78 is 6.59. The second-order valence-electron chi connectivity index (χ2n) is 4.35. The lowest BCUT2D eigenvalue weighted by Gasteiger charge is -2.18. The summed E-state index contributed by atoms with van der Waals surface area (Å²) in [6.07, 6.45) is 1.98. The first-order valence-electron chi connectivity index (χ1n) is 5.73. The minimum Gasteiger partial charge on any atom is -0.487 e. The molecule has 4 heteroatoms. The van der Waals surface area contributed by atoms with Crippen LogP contribution in [-0.2, 0) is 0 Å². The van der Waals surface area contributed by atoms with Crippen LogP contribution in [0.3, 0.4) is 0 Å². The Bertz CT molecular complexity index is 431. The highest BCUT2D eigenvalue weighted by molar-refractivity contribution is 9.10. The SMILES string of the molecule is CC(=O)c1cc(Br)ccc1OC1CCCC1O. The summed E-state index contributed by atoms with van der Waals surface area (Å²) in [5, 5.41) is 9.72. The fourth-order valence-corrected chi connectivity index (χ4v) is 2.45. The van der Waals surface area contributed by atoms with Crippen molar-refractivity contribution in [2.24, 2.45) is 0 Å². The van der Waals surface area contributed by atoms with Gasteiger partial charge in [-0.15, -0.1) is 0 Å². The van der Waals surface area contributed by atoms with Crippen LogP contribution < -0.4 is 4.74 Å². The normalized spacial score (nSPS) is 23.7. The van der Waals surface area contributed by atoms with Crippen LogP contribution in [0.1, 0.15) is 36.5 Å². The van der Waals surface area contributed by atoms with E-state index >= 15 is 0 Å². The van der Waals surface area contributed by atoms with Gasteiger partial charge in [0.2, 0.25) is 0 Å². The molecule has 0 radical (unpaired) electrons. The molecule has 1 saturated carbocycles. The minimum absolute atomic E-state index is 0.0335. The second-order valence-corrected chi connectivity index (χ2v) is 5.27. The molecule has 0 aliphatic heterocycles. The van der Waals surface area contributed by atoms with Crippen LogP contribution in [0.5, 0.6) is 5.75 Å². The van der Waals surface area contributed by atoms with Gasteiger partial charge in [0.05, 0.1) is 11.7 Å². The van der Waals surface area contributed by atoms with Gasteiger partial charge in [0.1, 0.15) is 11.9 Å². The van der Waals surface area contributed by atoms with Crippen molar-refractivity contribution in [3.05, 3.63) is 28.2 Å². The van der Waals surface area contributed by atoms with E-state index in [2.05, 4.69) is 15.9 Å². The molecule has 1 aromatic rings. The Kier molecular flexibility index (Phi) is 3.84. The number of carbonyl (C=O) groups excluding carboxylic acids is 1. The van der Waals surface area contributed by atoms with Gasteiger partial charge in [0.15, 0.2) is 5.78 Å². The van der Waals surface area contributed by atoms with E-state index in [0.29, 0.717) is 11.3 Å². The van der Waals surface area contributed by atoms with Crippen LogP contribution in [0.2, 0.25) is 0 Å². The first kappa shape index (κ1) is 12.6. The smallest absolute Gasteiger partial charge is 0.163 e. The molecule has 0 heterocycles. The average Bonchev–Trinajstić information content (AvgIpc) is 2.67. The number of hydrogen-bond donors (Lipinski definition) is 1. The zero-order chi connectivity index (χ0) is 12.4. The van der Waals surface area contributed by atoms with Crippen molar-refractivity contribution < 1.29 is 14.6 Å². The number of ether oxygens (including phenoxy) is 1. The lowest BCUT2D eigenvalue weighted by molar-refractivity contribution is 0.0593. The zero-order valence-corrected chi connectivity index (χ0v) is 11.2. The van der Waals surface area contributed by atoms with Gasteiger partial charge in [-0.1, -0.05) is 15.9 Å². The molecule has 3 nitrogen and oxygen atoms in total. The zero-order valence-electron chi connectivity index (χ0n) is 9.65. The fourth-order valence-electron chi connectivity index (χ4n) is 2.09. The Balaban J connectivity index is 2.22. The number of benzene rings is 1. The van der Waals surface area contributed by atoms with Crippen molar-refractivity contribution in [2.75, 3.05) is 0 Å². The van der Waals surface area contributed by atoms with Gasteiger partial charge in [-0.05, 0) is 44.4 Å². The maximum Gasteiger partial charge on any atom is 0.163 e. The van der Waals surface area contributed by atoms with Crippen molar-refractivity contribution in [1.82, 2.24) is 0 Å². The molecular weight excluding hydrogens is 284 g/mol. The van der Waals surface area contributed by atoms with Crippen LogP contribution in [0, 0.1) is 0 Å². The van der Waals surface area contributed by atoms with Gasteiger partial charge in [-0.2, -0.15) is 0 Å². The first-order chi connectivity index (χ1) is 8.08. The van der Waals surface area contributed by atoms with Gasteiger partial charge in [-0.3, -0.25) is 4.79 Å². The Hall–Kier alpha value is -0.870. The van der Waals surface area contributed by atoms with E-state index in [-0.39, 0.29) is 11.9 Å². The van der Waals surface area contributed by atoms with Crippen molar-refractivity contribution in [2.45, 2.75) is 38.4 Å². The van der Waals surface area contributed by atoms with Gasteiger partial charge in [0.25, 0.3) is 0 Å². The molecule has 1 N–H and O–H groups in total. The van der Waals surface area contributed by atoms with Crippen molar-refractivity contribution in [1.29, 1.82) is 0 Å². The summed E-state index contributed by atoms with van der Waals surface area (Å²) in [7, 11) is 0. The summed E-state index contributed by atoms with van der Waals surface area (Å²) in [5.74, 6) is 0.528. The topological polar surface area (TPSA) is 46.5 Å². The lowest BCUT2D eigenvalue weighted by Crippen LogP contribution is -2.26.